The SMILES string of the molecule is CCC(C)NS(=O)(=O)c1cc([N+](=O)[O-])ccc1Oc1c(C)c(C(=O)NCc2cccnc2)nn1-c1ccc(F)cc1. The molecule has 4 aromatic rings. The molecule has 2 N–H and O–H groups in total. The number of nitro benzene ring substituents is 1. The number of nitrogens with zero attached hydrogens (tertiary/aromatic N) is 4. The number of benzene rings is 2. The van der Waals surface area contributed by atoms with Crippen LogP contribution in [0.15, 0.2) is 71.9 Å². The third-order valence-electron chi connectivity index (χ3n) is 6.13. The molecular formula is C27H27FN6O6S. The zero-order chi connectivity index (χ0) is 29.7. The summed E-state index contributed by atoms with van der Waals surface area (Å²) in [6.45, 7) is 5.15. The van der Waals surface area contributed by atoms with Gasteiger partial charge in [-0.05, 0) is 62.2 Å². The highest BCUT2D eigenvalue weighted by atomic mass is 32.2. The van der Waals surface area contributed by atoms with Crippen LogP contribution in [-0.4, -0.2) is 40.1 Å². The van der Waals surface area contributed by atoms with Crippen molar-refractivity contribution < 1.29 is 27.3 Å². The maximum absolute atomic E-state index is 13.7. The second kappa shape index (κ2) is 12.2. The fourth-order valence-corrected chi connectivity index (χ4v) is 5.24. The highest BCUT2D eigenvalue weighted by molar-refractivity contribution is 7.89. The van der Waals surface area contributed by atoms with E-state index in [0.717, 1.165) is 23.8 Å². The van der Waals surface area contributed by atoms with Gasteiger partial charge in [-0.2, -0.15) is 9.78 Å². The molecule has 12 nitrogen and oxygen atoms in total. The molecule has 0 aliphatic heterocycles. The molecule has 0 bridgehead atoms. The Morgan fingerprint density at radius 2 is 1.93 bits per heavy atom. The van der Waals surface area contributed by atoms with Gasteiger partial charge in [0.15, 0.2) is 5.69 Å². The molecule has 0 saturated carbocycles. The first-order valence-corrected chi connectivity index (χ1v) is 14.0. The third kappa shape index (κ3) is 6.73. The normalized spacial score (nSPS) is 12.1. The molecule has 4 rings (SSSR count). The van der Waals surface area contributed by atoms with Crippen molar-refractivity contribution in [3.8, 4) is 17.3 Å². The maximum atomic E-state index is 13.7. The Morgan fingerprint density at radius 3 is 2.56 bits per heavy atom. The van der Waals surface area contributed by atoms with Gasteiger partial charge < -0.3 is 10.1 Å². The lowest BCUT2D eigenvalue weighted by Gasteiger charge is -2.16. The van der Waals surface area contributed by atoms with Crippen molar-refractivity contribution in [1.82, 2.24) is 24.8 Å². The summed E-state index contributed by atoms with van der Waals surface area (Å²) < 4.78 is 50.0. The van der Waals surface area contributed by atoms with Crippen LogP contribution in [-0.2, 0) is 16.6 Å². The van der Waals surface area contributed by atoms with E-state index in [1.54, 1.807) is 45.3 Å². The van der Waals surface area contributed by atoms with Crippen molar-refractivity contribution in [3.05, 3.63) is 99.7 Å². The maximum Gasteiger partial charge on any atom is 0.272 e. The van der Waals surface area contributed by atoms with E-state index in [1.165, 1.54) is 28.9 Å². The molecule has 2 heterocycles. The van der Waals surface area contributed by atoms with Crippen molar-refractivity contribution in [2.75, 3.05) is 0 Å². The average molecular weight is 583 g/mol. The minimum Gasteiger partial charge on any atom is -0.437 e. The molecule has 1 atom stereocenters. The van der Waals surface area contributed by atoms with E-state index in [2.05, 4.69) is 20.1 Å². The summed E-state index contributed by atoms with van der Waals surface area (Å²) in [5.74, 6) is -1.33. The van der Waals surface area contributed by atoms with Crippen molar-refractivity contribution in [2.24, 2.45) is 0 Å². The van der Waals surface area contributed by atoms with Crippen molar-refractivity contribution in [2.45, 2.75) is 44.7 Å². The van der Waals surface area contributed by atoms with Crippen molar-refractivity contribution in [3.63, 3.8) is 0 Å². The van der Waals surface area contributed by atoms with E-state index in [0.29, 0.717) is 12.1 Å². The van der Waals surface area contributed by atoms with Gasteiger partial charge in [0.1, 0.15) is 16.5 Å². The van der Waals surface area contributed by atoms with Crippen LogP contribution in [0.5, 0.6) is 11.6 Å². The standard InChI is InChI=1S/C27H27FN6O6S/c1-4-17(2)32-41(38,39)24-14-22(34(36)37)11-12-23(24)40-27-18(3)25(26(35)30-16-19-6-5-13-29-15-19)31-33(27)21-9-7-20(28)8-10-21/h5-15,17,32H,4,16H2,1-3H3,(H,30,35). The molecule has 0 saturated heterocycles. The van der Waals surface area contributed by atoms with E-state index in [4.69, 9.17) is 4.74 Å². The quantitative estimate of drug-likeness (QED) is 0.194. The topological polar surface area (TPSA) is 158 Å². The van der Waals surface area contributed by atoms with Crippen LogP contribution in [0.25, 0.3) is 5.69 Å². The lowest BCUT2D eigenvalue weighted by molar-refractivity contribution is -0.385. The van der Waals surface area contributed by atoms with Gasteiger partial charge in [0.25, 0.3) is 11.6 Å². The number of hydrogen-bond donors (Lipinski definition) is 2. The molecule has 41 heavy (non-hydrogen) atoms. The number of ether oxygens (including phenoxy) is 1. The monoisotopic (exact) mass is 582 g/mol. The van der Waals surface area contributed by atoms with Crippen molar-refractivity contribution in [1.29, 1.82) is 0 Å². The second-order valence-corrected chi connectivity index (χ2v) is 10.8. The Morgan fingerprint density at radius 1 is 1.20 bits per heavy atom. The lowest BCUT2D eigenvalue weighted by Crippen LogP contribution is -2.32. The zero-order valence-corrected chi connectivity index (χ0v) is 23.2. The van der Waals surface area contributed by atoms with Gasteiger partial charge in [0.2, 0.25) is 15.9 Å². The molecule has 0 spiro atoms. The predicted molar refractivity (Wildman–Crippen MR) is 147 cm³/mol. The number of pyridine rings is 1. The molecule has 0 fully saturated rings. The molecule has 2 aromatic carbocycles. The van der Waals surface area contributed by atoms with Gasteiger partial charge in [-0.15, -0.1) is 0 Å². The lowest BCUT2D eigenvalue weighted by atomic mass is 10.2. The highest BCUT2D eigenvalue weighted by Gasteiger charge is 2.28. The number of non-ortho nitro benzene ring substituents is 1. The molecule has 1 amide bonds. The van der Waals surface area contributed by atoms with Gasteiger partial charge in [0, 0.05) is 42.7 Å². The summed E-state index contributed by atoms with van der Waals surface area (Å²) in [4.78, 5) is 27.4. The third-order valence-corrected chi connectivity index (χ3v) is 7.74. The molecule has 0 aliphatic rings. The van der Waals surface area contributed by atoms with Crippen LogP contribution < -0.4 is 14.8 Å². The average Bonchev–Trinajstić information content (AvgIpc) is 3.28. The zero-order valence-electron chi connectivity index (χ0n) is 22.4. The predicted octanol–water partition coefficient (Wildman–Crippen LogP) is 4.42. The number of nitro groups is 1. The number of amides is 1. The van der Waals surface area contributed by atoms with Crippen LogP contribution in [0, 0.1) is 22.9 Å². The summed E-state index contributed by atoms with van der Waals surface area (Å²) in [5.41, 5.74) is 0.829. The van der Waals surface area contributed by atoms with Gasteiger partial charge >= 0.3 is 0 Å². The van der Waals surface area contributed by atoms with Crippen molar-refractivity contribution >= 4 is 21.6 Å². The van der Waals surface area contributed by atoms with Crippen LogP contribution in [0.4, 0.5) is 10.1 Å². The molecule has 14 heteroatoms. The number of rotatable bonds is 11. The Hall–Kier alpha value is -4.69. The molecular weight excluding hydrogens is 555 g/mol. The van der Waals surface area contributed by atoms with Crippen LogP contribution in [0.3, 0.4) is 0 Å². The fraction of sp³-hybridized carbons (Fsp3) is 0.222. The van der Waals surface area contributed by atoms with E-state index in [9.17, 15) is 27.7 Å². The van der Waals surface area contributed by atoms with Crippen LogP contribution in [0.1, 0.15) is 41.9 Å². The first kappa shape index (κ1) is 29.3. The Bertz CT molecular complexity index is 1680. The molecule has 2 aromatic heterocycles. The molecule has 0 radical (unpaired) electrons. The minimum absolute atomic E-state index is 0.0303. The number of carbonyl (C=O) groups excluding carboxylic acids is 1. The summed E-state index contributed by atoms with van der Waals surface area (Å²) in [6, 6.07) is 11.4. The van der Waals surface area contributed by atoms with Gasteiger partial charge in [-0.3, -0.25) is 19.9 Å². The van der Waals surface area contributed by atoms with E-state index in [-0.39, 0.29) is 29.4 Å². The Labute approximate surface area is 235 Å². The van der Waals surface area contributed by atoms with E-state index in [1.807, 2.05) is 0 Å². The number of hydrogen-bond acceptors (Lipinski definition) is 8. The Balaban J connectivity index is 1.80. The van der Waals surface area contributed by atoms with Gasteiger partial charge in [0.05, 0.1) is 10.6 Å². The Kier molecular flexibility index (Phi) is 8.74. The summed E-state index contributed by atoms with van der Waals surface area (Å²) >= 11 is 0. The smallest absolute Gasteiger partial charge is 0.272 e. The molecule has 0 aliphatic carbocycles. The largest absolute Gasteiger partial charge is 0.437 e. The molecule has 214 valence electrons. The number of halogens is 1. The fourth-order valence-electron chi connectivity index (χ4n) is 3.76. The summed E-state index contributed by atoms with van der Waals surface area (Å²) in [5, 5.41) is 18.6. The summed E-state index contributed by atoms with van der Waals surface area (Å²) in [6.07, 6.45) is 3.68. The van der Waals surface area contributed by atoms with E-state index >= 15 is 0 Å². The first-order valence-electron chi connectivity index (χ1n) is 12.5. The van der Waals surface area contributed by atoms with Crippen LogP contribution >= 0.6 is 0 Å². The number of carbonyl (C=O) groups is 1. The number of nitrogens with one attached hydrogen (secondary N) is 2. The number of aromatic nitrogens is 3. The van der Waals surface area contributed by atoms with E-state index < -0.39 is 43.3 Å². The van der Waals surface area contributed by atoms with Gasteiger partial charge in [-0.25, -0.2) is 17.5 Å². The summed E-state index contributed by atoms with van der Waals surface area (Å²) in [7, 11) is -4.27. The van der Waals surface area contributed by atoms with Gasteiger partial charge in [-0.1, -0.05) is 13.0 Å². The minimum atomic E-state index is -4.27. The van der Waals surface area contributed by atoms with Crippen LogP contribution in [0.2, 0.25) is 0 Å². The second-order valence-electron chi connectivity index (χ2n) is 9.13. The molecule has 1 unspecified atom stereocenters. The first-order chi connectivity index (χ1) is 19.5. The highest BCUT2D eigenvalue weighted by Crippen LogP contribution is 2.36. The number of sulfonamides is 1.